The number of carbonyl (C=O) groups excluding carboxylic acids is 2. The first-order valence-electron chi connectivity index (χ1n) is 6.59. The Morgan fingerprint density at radius 2 is 2.25 bits per heavy atom. The van der Waals surface area contributed by atoms with Crippen molar-refractivity contribution in [3.8, 4) is 0 Å². The van der Waals surface area contributed by atoms with Crippen molar-refractivity contribution in [2.45, 2.75) is 31.5 Å². The minimum atomic E-state index is -0.912. The molecule has 0 aromatic carbocycles. The summed E-state index contributed by atoms with van der Waals surface area (Å²) in [6, 6.07) is 0. The average Bonchev–Trinajstić information content (AvgIpc) is 2.71. The van der Waals surface area contributed by atoms with E-state index in [2.05, 4.69) is 6.58 Å². The number of allylic oxidation sites excluding steroid dienone is 1. The summed E-state index contributed by atoms with van der Waals surface area (Å²) in [5.41, 5.74) is 1.42. The molecule has 0 amide bonds. The summed E-state index contributed by atoms with van der Waals surface area (Å²) in [6.45, 7) is 3.52. The second kappa shape index (κ2) is 6.15. The molecular formula is C15H18O5. The summed E-state index contributed by atoms with van der Waals surface area (Å²) in [6.07, 6.45) is 3.95. The largest absolute Gasteiger partial charge is 0.454 e. The molecule has 1 aliphatic heterocycles. The Kier molecular flexibility index (Phi) is 4.52. The lowest BCUT2D eigenvalue weighted by atomic mass is 9.85. The van der Waals surface area contributed by atoms with Gasteiger partial charge < -0.3 is 14.9 Å². The van der Waals surface area contributed by atoms with Crippen molar-refractivity contribution in [1.29, 1.82) is 0 Å². The Bertz CT molecular complexity index is 488. The molecule has 1 saturated heterocycles. The van der Waals surface area contributed by atoms with Crippen LogP contribution in [0.3, 0.4) is 0 Å². The molecule has 5 nitrogen and oxygen atoms in total. The Morgan fingerprint density at radius 3 is 2.90 bits per heavy atom. The van der Waals surface area contributed by atoms with E-state index in [1.54, 1.807) is 12.2 Å². The summed E-state index contributed by atoms with van der Waals surface area (Å²) in [7, 11) is 0. The zero-order valence-electron chi connectivity index (χ0n) is 11.1. The number of hydrogen-bond acceptors (Lipinski definition) is 5. The monoisotopic (exact) mass is 278 g/mol. The highest BCUT2D eigenvalue weighted by Gasteiger charge is 2.42. The lowest BCUT2D eigenvalue weighted by Crippen LogP contribution is -2.29. The van der Waals surface area contributed by atoms with Gasteiger partial charge in [0.05, 0.1) is 18.6 Å². The molecule has 2 N–H and O–H groups in total. The number of hydrogen-bond donors (Lipinski definition) is 2. The van der Waals surface area contributed by atoms with Crippen LogP contribution in [0.2, 0.25) is 0 Å². The Hall–Kier alpha value is -1.72. The third kappa shape index (κ3) is 2.89. The first-order valence-corrected chi connectivity index (χ1v) is 6.59. The Labute approximate surface area is 117 Å². The fraction of sp³-hybridized carbons (Fsp3) is 0.467. The molecule has 0 bridgehead atoms. The number of carbonyl (C=O) groups is 2. The summed E-state index contributed by atoms with van der Waals surface area (Å²) in [5.74, 6) is -1.12. The van der Waals surface area contributed by atoms with Crippen molar-refractivity contribution >= 4 is 12.3 Å². The molecule has 1 fully saturated rings. The van der Waals surface area contributed by atoms with E-state index in [0.29, 0.717) is 24.7 Å². The quantitative estimate of drug-likeness (QED) is 0.336. The number of aliphatic hydroxyl groups is 2. The van der Waals surface area contributed by atoms with E-state index in [0.717, 1.165) is 5.57 Å². The van der Waals surface area contributed by atoms with Crippen LogP contribution in [0.1, 0.15) is 19.3 Å². The number of ether oxygens (including phenoxy) is 1. The first-order chi connectivity index (χ1) is 9.56. The van der Waals surface area contributed by atoms with Gasteiger partial charge in [-0.15, -0.1) is 0 Å². The van der Waals surface area contributed by atoms with Crippen LogP contribution in [0.25, 0.3) is 0 Å². The topological polar surface area (TPSA) is 83.8 Å². The van der Waals surface area contributed by atoms with E-state index in [-0.39, 0.29) is 18.6 Å². The molecule has 108 valence electrons. The summed E-state index contributed by atoms with van der Waals surface area (Å²) < 4.78 is 5.19. The number of aliphatic hydroxyl groups excluding tert-OH is 2. The lowest BCUT2D eigenvalue weighted by Gasteiger charge is -2.22. The SMILES string of the molecule is C=C1C(=O)O[C@@H]2C=C(CO)CCC=C(C=O)C[C@@H](O)[C@@H]12. The third-order valence-corrected chi connectivity index (χ3v) is 3.75. The highest BCUT2D eigenvalue weighted by atomic mass is 16.6. The molecule has 0 aromatic rings. The van der Waals surface area contributed by atoms with Crippen molar-refractivity contribution in [3.63, 3.8) is 0 Å². The van der Waals surface area contributed by atoms with E-state index in [1.165, 1.54) is 0 Å². The number of esters is 1. The molecule has 2 rings (SSSR count). The second-order valence-corrected chi connectivity index (χ2v) is 5.11. The summed E-state index contributed by atoms with van der Waals surface area (Å²) >= 11 is 0. The van der Waals surface area contributed by atoms with Crippen molar-refractivity contribution in [2.75, 3.05) is 6.61 Å². The van der Waals surface area contributed by atoms with Gasteiger partial charge in [-0.05, 0) is 30.1 Å². The zero-order chi connectivity index (χ0) is 14.7. The Morgan fingerprint density at radius 1 is 1.50 bits per heavy atom. The fourth-order valence-corrected chi connectivity index (χ4v) is 2.63. The van der Waals surface area contributed by atoms with Crippen LogP contribution < -0.4 is 0 Å². The van der Waals surface area contributed by atoms with Crippen LogP contribution in [0.5, 0.6) is 0 Å². The van der Waals surface area contributed by atoms with Crippen molar-refractivity contribution < 1.29 is 24.5 Å². The van der Waals surface area contributed by atoms with E-state index in [1.807, 2.05) is 0 Å². The normalized spacial score (nSPS) is 31.0. The molecule has 3 atom stereocenters. The van der Waals surface area contributed by atoms with Gasteiger partial charge in [-0.3, -0.25) is 4.79 Å². The van der Waals surface area contributed by atoms with Gasteiger partial charge in [0.25, 0.3) is 0 Å². The predicted molar refractivity (Wildman–Crippen MR) is 71.7 cm³/mol. The smallest absolute Gasteiger partial charge is 0.334 e. The van der Waals surface area contributed by atoms with Crippen LogP contribution >= 0.6 is 0 Å². The van der Waals surface area contributed by atoms with Gasteiger partial charge in [0.1, 0.15) is 12.4 Å². The first kappa shape index (κ1) is 14.7. The fourth-order valence-electron chi connectivity index (χ4n) is 2.63. The zero-order valence-corrected chi connectivity index (χ0v) is 11.1. The predicted octanol–water partition coefficient (Wildman–Crippen LogP) is 0.673. The van der Waals surface area contributed by atoms with E-state index >= 15 is 0 Å². The van der Waals surface area contributed by atoms with E-state index in [9.17, 15) is 19.8 Å². The van der Waals surface area contributed by atoms with Gasteiger partial charge in [-0.25, -0.2) is 4.79 Å². The van der Waals surface area contributed by atoms with Crippen molar-refractivity contribution in [1.82, 2.24) is 0 Å². The molecule has 5 heteroatoms. The molecule has 0 unspecified atom stereocenters. The molecule has 20 heavy (non-hydrogen) atoms. The van der Waals surface area contributed by atoms with Crippen LogP contribution in [0, 0.1) is 5.92 Å². The third-order valence-electron chi connectivity index (χ3n) is 3.75. The highest BCUT2D eigenvalue weighted by Crippen LogP contribution is 2.34. The number of rotatable bonds is 2. The Balaban J connectivity index is 2.36. The van der Waals surface area contributed by atoms with Crippen LogP contribution in [-0.4, -0.2) is 41.3 Å². The van der Waals surface area contributed by atoms with Gasteiger partial charge in [-0.1, -0.05) is 12.7 Å². The molecule has 0 spiro atoms. The van der Waals surface area contributed by atoms with Gasteiger partial charge in [0, 0.05) is 12.0 Å². The maximum atomic E-state index is 11.6. The molecule has 0 saturated carbocycles. The molecule has 0 aromatic heterocycles. The molecule has 1 heterocycles. The average molecular weight is 278 g/mol. The van der Waals surface area contributed by atoms with Gasteiger partial charge in [0.15, 0.2) is 0 Å². The molecular weight excluding hydrogens is 260 g/mol. The maximum absolute atomic E-state index is 11.6. The van der Waals surface area contributed by atoms with Gasteiger partial charge in [0.2, 0.25) is 0 Å². The molecule has 0 radical (unpaired) electrons. The van der Waals surface area contributed by atoms with Crippen LogP contribution in [0.15, 0.2) is 35.5 Å². The molecule has 1 aliphatic carbocycles. The van der Waals surface area contributed by atoms with Crippen LogP contribution in [-0.2, 0) is 14.3 Å². The molecule has 2 aliphatic rings. The van der Waals surface area contributed by atoms with Crippen LogP contribution in [0.4, 0.5) is 0 Å². The minimum Gasteiger partial charge on any atom is -0.454 e. The summed E-state index contributed by atoms with van der Waals surface area (Å²) in [5, 5.41) is 19.6. The highest BCUT2D eigenvalue weighted by molar-refractivity contribution is 5.91. The van der Waals surface area contributed by atoms with Gasteiger partial charge in [-0.2, -0.15) is 0 Å². The van der Waals surface area contributed by atoms with Crippen molar-refractivity contribution in [3.05, 3.63) is 35.5 Å². The minimum absolute atomic E-state index is 0.145. The maximum Gasteiger partial charge on any atom is 0.334 e. The number of fused-ring (bicyclic) bond motifs is 1. The van der Waals surface area contributed by atoms with Gasteiger partial charge >= 0.3 is 5.97 Å². The summed E-state index contributed by atoms with van der Waals surface area (Å²) in [4.78, 5) is 22.6. The standard InChI is InChI=1S/C15H18O5/c1-9-14-12(18)5-10(7-16)3-2-4-11(8-17)6-13(14)20-15(9)19/h3,6-7,12-14,17-18H,1-2,4-5,8H2/t12-,13-,14-/m1/s1. The number of aldehydes is 1. The van der Waals surface area contributed by atoms with E-state index in [4.69, 9.17) is 4.74 Å². The second-order valence-electron chi connectivity index (χ2n) is 5.11. The van der Waals surface area contributed by atoms with E-state index < -0.39 is 24.1 Å². The lowest BCUT2D eigenvalue weighted by molar-refractivity contribution is -0.137. The van der Waals surface area contributed by atoms with Crippen molar-refractivity contribution in [2.24, 2.45) is 5.92 Å².